The Balaban J connectivity index is 2.95. The third-order valence-electron chi connectivity index (χ3n) is 3.39. The molecule has 2 N–H and O–H groups in total. The van der Waals surface area contributed by atoms with Gasteiger partial charge in [-0.1, -0.05) is 0 Å². The minimum Gasteiger partial charge on any atom is -0.494 e. The molecule has 2 nitrogen and oxygen atoms in total. The predicted octanol–water partition coefficient (Wildman–Crippen LogP) is 3.29. The van der Waals surface area contributed by atoms with Crippen molar-refractivity contribution in [2.45, 2.75) is 47.0 Å². The smallest absolute Gasteiger partial charge is 0.122 e. The molecule has 0 radical (unpaired) electrons. The van der Waals surface area contributed by atoms with E-state index in [1.54, 1.807) is 0 Å². The third kappa shape index (κ3) is 3.47. The maximum Gasteiger partial charge on any atom is 0.122 e. The monoisotopic (exact) mass is 235 g/mol. The van der Waals surface area contributed by atoms with Gasteiger partial charge in [-0.25, -0.2) is 0 Å². The SMILES string of the molecule is CCOc1cc(C)c(CCCCN)c(C)c1C. The highest BCUT2D eigenvalue weighted by atomic mass is 16.5. The summed E-state index contributed by atoms with van der Waals surface area (Å²) in [5.41, 5.74) is 11.0. The second-order valence-electron chi connectivity index (χ2n) is 4.60. The Morgan fingerprint density at radius 1 is 1.12 bits per heavy atom. The molecule has 0 aliphatic carbocycles. The van der Waals surface area contributed by atoms with Gasteiger partial charge in [0.05, 0.1) is 6.61 Å². The first kappa shape index (κ1) is 14.0. The molecule has 0 heterocycles. The maximum atomic E-state index is 5.66. The van der Waals surface area contributed by atoms with Gasteiger partial charge in [0.1, 0.15) is 5.75 Å². The average molecular weight is 235 g/mol. The molecule has 0 bridgehead atoms. The minimum atomic E-state index is 0.728. The van der Waals surface area contributed by atoms with Crippen LogP contribution in [-0.4, -0.2) is 13.2 Å². The van der Waals surface area contributed by atoms with Gasteiger partial charge in [-0.2, -0.15) is 0 Å². The van der Waals surface area contributed by atoms with Crippen molar-refractivity contribution in [1.82, 2.24) is 0 Å². The lowest BCUT2D eigenvalue weighted by molar-refractivity contribution is 0.337. The lowest BCUT2D eigenvalue weighted by Crippen LogP contribution is -2.04. The number of hydrogen-bond donors (Lipinski definition) is 1. The predicted molar refractivity (Wildman–Crippen MR) is 73.8 cm³/mol. The molecule has 17 heavy (non-hydrogen) atoms. The van der Waals surface area contributed by atoms with E-state index >= 15 is 0 Å². The molecule has 1 rings (SSSR count). The van der Waals surface area contributed by atoms with E-state index in [1.807, 2.05) is 6.92 Å². The van der Waals surface area contributed by atoms with Gasteiger partial charge < -0.3 is 10.5 Å². The van der Waals surface area contributed by atoms with E-state index in [-0.39, 0.29) is 0 Å². The quantitative estimate of drug-likeness (QED) is 0.768. The molecule has 0 spiro atoms. The molecule has 0 atom stereocenters. The van der Waals surface area contributed by atoms with Crippen LogP contribution in [0, 0.1) is 20.8 Å². The molecule has 0 unspecified atom stereocenters. The Bertz CT molecular complexity index is 372. The molecule has 0 aliphatic rings. The largest absolute Gasteiger partial charge is 0.494 e. The Labute approximate surface area is 105 Å². The normalized spacial score (nSPS) is 10.6. The van der Waals surface area contributed by atoms with Crippen LogP contribution in [0.2, 0.25) is 0 Å². The van der Waals surface area contributed by atoms with Gasteiger partial charge in [-0.3, -0.25) is 0 Å². The number of nitrogens with two attached hydrogens (primary N) is 1. The van der Waals surface area contributed by atoms with Crippen LogP contribution in [0.5, 0.6) is 5.75 Å². The molecule has 0 fully saturated rings. The Hall–Kier alpha value is -1.02. The van der Waals surface area contributed by atoms with Gasteiger partial charge in [0.25, 0.3) is 0 Å². The fourth-order valence-electron chi connectivity index (χ4n) is 2.24. The molecule has 2 heteroatoms. The number of hydrogen-bond acceptors (Lipinski definition) is 2. The molecule has 0 aromatic heterocycles. The third-order valence-corrected chi connectivity index (χ3v) is 3.39. The number of rotatable bonds is 6. The number of ether oxygens (including phenoxy) is 1. The van der Waals surface area contributed by atoms with Gasteiger partial charge in [0.2, 0.25) is 0 Å². The van der Waals surface area contributed by atoms with Crippen LogP contribution < -0.4 is 10.5 Å². The van der Waals surface area contributed by atoms with E-state index in [9.17, 15) is 0 Å². The Morgan fingerprint density at radius 3 is 2.41 bits per heavy atom. The van der Waals surface area contributed by atoms with Crippen LogP contribution in [-0.2, 0) is 6.42 Å². The van der Waals surface area contributed by atoms with Crippen molar-refractivity contribution >= 4 is 0 Å². The van der Waals surface area contributed by atoms with Crippen molar-refractivity contribution in [2.24, 2.45) is 5.73 Å². The zero-order valence-corrected chi connectivity index (χ0v) is 11.6. The van der Waals surface area contributed by atoms with Crippen LogP contribution in [0.15, 0.2) is 6.07 Å². The fourth-order valence-corrected chi connectivity index (χ4v) is 2.24. The van der Waals surface area contributed by atoms with Crippen molar-refractivity contribution in [1.29, 1.82) is 0 Å². The van der Waals surface area contributed by atoms with Crippen LogP contribution >= 0.6 is 0 Å². The summed E-state index contributed by atoms with van der Waals surface area (Å²) in [6.45, 7) is 10.1. The fraction of sp³-hybridized carbons (Fsp3) is 0.600. The molecule has 1 aromatic carbocycles. The van der Waals surface area contributed by atoms with Crippen molar-refractivity contribution in [3.05, 3.63) is 28.3 Å². The van der Waals surface area contributed by atoms with Gasteiger partial charge in [0, 0.05) is 0 Å². The zero-order chi connectivity index (χ0) is 12.8. The summed E-state index contributed by atoms with van der Waals surface area (Å²) in [5.74, 6) is 1.03. The number of aryl methyl sites for hydroxylation is 1. The van der Waals surface area contributed by atoms with E-state index < -0.39 is 0 Å². The number of benzene rings is 1. The first-order chi connectivity index (χ1) is 8.11. The summed E-state index contributed by atoms with van der Waals surface area (Å²) >= 11 is 0. The molecule has 0 amide bonds. The summed E-state index contributed by atoms with van der Waals surface area (Å²) in [5, 5.41) is 0. The highest BCUT2D eigenvalue weighted by Gasteiger charge is 2.10. The van der Waals surface area contributed by atoms with Gasteiger partial charge in [-0.05, 0) is 81.8 Å². The van der Waals surface area contributed by atoms with E-state index in [1.165, 1.54) is 28.7 Å². The summed E-state index contributed by atoms with van der Waals surface area (Å²) in [6, 6.07) is 2.17. The second kappa shape index (κ2) is 6.65. The molecular weight excluding hydrogens is 210 g/mol. The van der Waals surface area contributed by atoms with Crippen molar-refractivity contribution in [3.8, 4) is 5.75 Å². The van der Waals surface area contributed by atoms with E-state index in [0.29, 0.717) is 0 Å². The Morgan fingerprint density at radius 2 is 1.82 bits per heavy atom. The first-order valence-electron chi connectivity index (χ1n) is 6.54. The van der Waals surface area contributed by atoms with E-state index in [4.69, 9.17) is 10.5 Å². The van der Waals surface area contributed by atoms with Crippen molar-refractivity contribution in [3.63, 3.8) is 0 Å². The lowest BCUT2D eigenvalue weighted by Gasteiger charge is -2.16. The van der Waals surface area contributed by atoms with Gasteiger partial charge >= 0.3 is 0 Å². The zero-order valence-electron chi connectivity index (χ0n) is 11.6. The van der Waals surface area contributed by atoms with Gasteiger partial charge in [0.15, 0.2) is 0 Å². The molecule has 96 valence electrons. The van der Waals surface area contributed by atoms with E-state index in [0.717, 1.165) is 31.7 Å². The molecule has 0 saturated carbocycles. The molecule has 0 aliphatic heterocycles. The molecule has 0 saturated heterocycles. The average Bonchev–Trinajstić information content (AvgIpc) is 2.30. The summed E-state index contributed by atoms with van der Waals surface area (Å²) in [6.07, 6.45) is 3.40. The minimum absolute atomic E-state index is 0.728. The van der Waals surface area contributed by atoms with Crippen molar-refractivity contribution in [2.75, 3.05) is 13.2 Å². The highest BCUT2D eigenvalue weighted by Crippen LogP contribution is 2.28. The molecular formula is C15H25NO. The summed E-state index contributed by atoms with van der Waals surface area (Å²) in [4.78, 5) is 0. The Kier molecular flexibility index (Phi) is 5.49. The second-order valence-corrected chi connectivity index (χ2v) is 4.60. The highest BCUT2D eigenvalue weighted by molar-refractivity contribution is 5.48. The van der Waals surface area contributed by atoms with E-state index in [2.05, 4.69) is 26.8 Å². The maximum absolute atomic E-state index is 5.66. The first-order valence-corrected chi connectivity index (χ1v) is 6.54. The standard InChI is InChI=1S/C15H25NO/c1-5-17-15-10-11(2)14(8-6-7-9-16)12(3)13(15)4/h10H,5-9,16H2,1-4H3. The van der Waals surface area contributed by atoms with Crippen molar-refractivity contribution < 1.29 is 4.74 Å². The van der Waals surface area contributed by atoms with Crippen LogP contribution in [0.25, 0.3) is 0 Å². The van der Waals surface area contributed by atoms with Crippen LogP contribution in [0.1, 0.15) is 42.0 Å². The summed E-state index contributed by atoms with van der Waals surface area (Å²) in [7, 11) is 0. The topological polar surface area (TPSA) is 35.2 Å². The molecule has 1 aromatic rings. The lowest BCUT2D eigenvalue weighted by atomic mass is 9.93. The summed E-state index contributed by atoms with van der Waals surface area (Å²) < 4.78 is 5.66. The van der Waals surface area contributed by atoms with Gasteiger partial charge in [-0.15, -0.1) is 0 Å². The number of unbranched alkanes of at least 4 members (excludes halogenated alkanes) is 1. The van der Waals surface area contributed by atoms with Crippen LogP contribution in [0.3, 0.4) is 0 Å². The van der Waals surface area contributed by atoms with Crippen LogP contribution in [0.4, 0.5) is 0 Å².